The van der Waals surface area contributed by atoms with E-state index in [0.717, 1.165) is 0 Å². The number of ether oxygens (including phenoxy) is 2. The molecule has 0 spiro atoms. The second kappa shape index (κ2) is 6.64. The molecule has 2 heterocycles. The van der Waals surface area contributed by atoms with Crippen LogP contribution in [-0.4, -0.2) is 52.7 Å². The first-order chi connectivity index (χ1) is 11.0. The normalized spacial score (nSPS) is 21.8. The lowest BCUT2D eigenvalue weighted by atomic mass is 10.2. The number of carbonyl (C=O) groups excluding carboxylic acids is 1. The summed E-state index contributed by atoms with van der Waals surface area (Å²) in [6, 6.07) is 4.35. The summed E-state index contributed by atoms with van der Waals surface area (Å²) in [5, 5.41) is 0. The van der Waals surface area contributed by atoms with Gasteiger partial charge in [0.1, 0.15) is 24.9 Å². The molecule has 1 aliphatic rings. The minimum atomic E-state index is -0.320. The lowest BCUT2D eigenvalue weighted by Gasteiger charge is -2.35. The van der Waals surface area contributed by atoms with Crippen LogP contribution in [0.25, 0.3) is 11.0 Å². The van der Waals surface area contributed by atoms with Gasteiger partial charge in [0.15, 0.2) is 0 Å². The number of carbonyl (C=O) groups is 1. The van der Waals surface area contributed by atoms with Crippen molar-refractivity contribution in [1.29, 1.82) is 0 Å². The van der Waals surface area contributed by atoms with Crippen molar-refractivity contribution in [2.45, 2.75) is 32.7 Å². The highest BCUT2D eigenvalue weighted by Crippen LogP contribution is 2.14. The Balaban J connectivity index is 1.52. The van der Waals surface area contributed by atoms with Gasteiger partial charge in [-0.05, 0) is 32.0 Å². The molecule has 1 aromatic carbocycles. The highest BCUT2D eigenvalue weighted by atomic mass is 19.1. The zero-order chi connectivity index (χ0) is 16.4. The number of aromatic amines is 1. The average Bonchev–Trinajstić information content (AvgIpc) is 2.87. The first-order valence-corrected chi connectivity index (χ1v) is 7.66. The topological polar surface area (TPSA) is 67.5 Å². The molecule has 0 unspecified atom stereocenters. The number of aromatic nitrogens is 2. The van der Waals surface area contributed by atoms with Gasteiger partial charge in [0, 0.05) is 13.1 Å². The van der Waals surface area contributed by atoms with Gasteiger partial charge in [0.2, 0.25) is 5.91 Å². The smallest absolute Gasteiger partial charge is 0.248 e. The van der Waals surface area contributed by atoms with Crippen molar-refractivity contribution in [3.8, 4) is 0 Å². The first kappa shape index (κ1) is 15.9. The van der Waals surface area contributed by atoms with Crippen LogP contribution in [0.2, 0.25) is 0 Å². The van der Waals surface area contributed by atoms with Crippen LogP contribution >= 0.6 is 0 Å². The number of imidazole rings is 1. The van der Waals surface area contributed by atoms with Gasteiger partial charge in [-0.1, -0.05) is 0 Å². The van der Waals surface area contributed by atoms with E-state index in [0.29, 0.717) is 29.9 Å². The van der Waals surface area contributed by atoms with Crippen molar-refractivity contribution in [3.05, 3.63) is 29.8 Å². The number of nitrogens with zero attached hydrogens (tertiary/aromatic N) is 2. The number of halogens is 1. The SMILES string of the molecule is C[C@@H]1CN(C(=O)COCc2nc3ccc(F)cc3[nH]2)C[C@H](C)O1. The predicted molar refractivity (Wildman–Crippen MR) is 82.3 cm³/mol. The molecule has 2 atom stereocenters. The molecule has 1 saturated heterocycles. The summed E-state index contributed by atoms with van der Waals surface area (Å²) in [6.07, 6.45) is 0.0703. The van der Waals surface area contributed by atoms with E-state index >= 15 is 0 Å². The van der Waals surface area contributed by atoms with Gasteiger partial charge in [0.05, 0.1) is 23.2 Å². The molecule has 2 aromatic rings. The summed E-state index contributed by atoms with van der Waals surface area (Å²) in [6.45, 7) is 5.23. The summed E-state index contributed by atoms with van der Waals surface area (Å²) in [5.41, 5.74) is 1.29. The molecular formula is C16H20FN3O3. The number of amides is 1. The Bertz CT molecular complexity index is 693. The third kappa shape index (κ3) is 3.86. The number of hydrogen-bond donors (Lipinski definition) is 1. The summed E-state index contributed by atoms with van der Waals surface area (Å²) < 4.78 is 24.2. The monoisotopic (exact) mass is 321 g/mol. The van der Waals surface area contributed by atoms with Crippen LogP contribution in [-0.2, 0) is 20.9 Å². The summed E-state index contributed by atoms with van der Waals surface area (Å²) in [4.78, 5) is 21.2. The number of hydrogen-bond acceptors (Lipinski definition) is 4. The molecule has 0 bridgehead atoms. The lowest BCUT2D eigenvalue weighted by Crippen LogP contribution is -2.49. The van der Waals surface area contributed by atoms with E-state index in [1.54, 1.807) is 11.0 Å². The number of benzene rings is 1. The van der Waals surface area contributed by atoms with Crippen molar-refractivity contribution in [1.82, 2.24) is 14.9 Å². The molecular weight excluding hydrogens is 301 g/mol. The fourth-order valence-corrected chi connectivity index (χ4v) is 2.81. The zero-order valence-electron chi connectivity index (χ0n) is 13.2. The van der Waals surface area contributed by atoms with Crippen LogP contribution in [0.1, 0.15) is 19.7 Å². The molecule has 0 aliphatic carbocycles. The molecule has 6 nitrogen and oxygen atoms in total. The van der Waals surface area contributed by atoms with Gasteiger partial charge in [-0.3, -0.25) is 4.79 Å². The highest BCUT2D eigenvalue weighted by molar-refractivity contribution is 5.77. The van der Waals surface area contributed by atoms with E-state index in [1.165, 1.54) is 12.1 Å². The van der Waals surface area contributed by atoms with E-state index in [-0.39, 0.29) is 37.1 Å². The van der Waals surface area contributed by atoms with Crippen LogP contribution in [0, 0.1) is 5.82 Å². The highest BCUT2D eigenvalue weighted by Gasteiger charge is 2.25. The molecule has 0 radical (unpaired) electrons. The average molecular weight is 321 g/mol. The minimum Gasteiger partial charge on any atom is -0.372 e. The number of fused-ring (bicyclic) bond motifs is 1. The Morgan fingerprint density at radius 1 is 1.43 bits per heavy atom. The van der Waals surface area contributed by atoms with E-state index in [4.69, 9.17) is 9.47 Å². The van der Waals surface area contributed by atoms with Crippen molar-refractivity contribution in [2.75, 3.05) is 19.7 Å². The van der Waals surface area contributed by atoms with Gasteiger partial charge in [0.25, 0.3) is 0 Å². The third-order valence-corrected chi connectivity index (χ3v) is 3.73. The number of nitrogens with one attached hydrogen (secondary N) is 1. The Kier molecular flexibility index (Phi) is 4.58. The molecule has 1 aliphatic heterocycles. The third-order valence-electron chi connectivity index (χ3n) is 3.73. The first-order valence-electron chi connectivity index (χ1n) is 7.66. The second-order valence-electron chi connectivity index (χ2n) is 5.89. The molecule has 23 heavy (non-hydrogen) atoms. The lowest BCUT2D eigenvalue weighted by molar-refractivity contribution is -0.148. The fourth-order valence-electron chi connectivity index (χ4n) is 2.81. The summed E-state index contributed by atoms with van der Waals surface area (Å²) >= 11 is 0. The van der Waals surface area contributed by atoms with Crippen LogP contribution in [0.15, 0.2) is 18.2 Å². The van der Waals surface area contributed by atoms with Crippen molar-refractivity contribution in [3.63, 3.8) is 0 Å². The van der Waals surface area contributed by atoms with Crippen molar-refractivity contribution < 1.29 is 18.7 Å². The van der Waals surface area contributed by atoms with Gasteiger partial charge < -0.3 is 19.4 Å². The number of H-pyrrole nitrogens is 1. The quantitative estimate of drug-likeness (QED) is 0.933. The summed E-state index contributed by atoms with van der Waals surface area (Å²) in [7, 11) is 0. The molecule has 3 rings (SSSR count). The Labute approximate surface area is 133 Å². The molecule has 1 N–H and O–H groups in total. The van der Waals surface area contributed by atoms with E-state index in [1.807, 2.05) is 13.8 Å². The van der Waals surface area contributed by atoms with Crippen LogP contribution in [0.5, 0.6) is 0 Å². The van der Waals surface area contributed by atoms with E-state index in [9.17, 15) is 9.18 Å². The Morgan fingerprint density at radius 2 is 2.17 bits per heavy atom. The zero-order valence-corrected chi connectivity index (χ0v) is 13.2. The number of rotatable bonds is 4. The maximum atomic E-state index is 13.1. The number of morpholine rings is 1. The van der Waals surface area contributed by atoms with Gasteiger partial charge >= 0.3 is 0 Å². The molecule has 1 amide bonds. The van der Waals surface area contributed by atoms with Crippen LogP contribution in [0.4, 0.5) is 4.39 Å². The second-order valence-corrected chi connectivity index (χ2v) is 5.89. The van der Waals surface area contributed by atoms with Crippen LogP contribution < -0.4 is 0 Å². The predicted octanol–water partition coefficient (Wildman–Crippen LogP) is 1.85. The standard InChI is InChI=1S/C16H20FN3O3/c1-10-6-20(7-11(2)23-10)16(21)9-22-8-15-18-13-4-3-12(17)5-14(13)19-15/h3-5,10-11H,6-9H2,1-2H3,(H,18,19)/t10-,11+. The maximum absolute atomic E-state index is 13.1. The minimum absolute atomic E-state index is 0.00908. The van der Waals surface area contributed by atoms with Crippen LogP contribution in [0.3, 0.4) is 0 Å². The van der Waals surface area contributed by atoms with Crippen molar-refractivity contribution in [2.24, 2.45) is 0 Å². The molecule has 0 saturated carbocycles. The van der Waals surface area contributed by atoms with Gasteiger partial charge in [-0.15, -0.1) is 0 Å². The van der Waals surface area contributed by atoms with Crippen molar-refractivity contribution >= 4 is 16.9 Å². The van der Waals surface area contributed by atoms with Gasteiger partial charge in [-0.25, -0.2) is 9.37 Å². The Morgan fingerprint density at radius 3 is 2.91 bits per heavy atom. The molecule has 124 valence electrons. The van der Waals surface area contributed by atoms with E-state index < -0.39 is 0 Å². The molecule has 7 heteroatoms. The molecule has 1 aromatic heterocycles. The maximum Gasteiger partial charge on any atom is 0.248 e. The molecule has 1 fully saturated rings. The Hall–Kier alpha value is -1.99. The van der Waals surface area contributed by atoms with Gasteiger partial charge in [-0.2, -0.15) is 0 Å². The van der Waals surface area contributed by atoms with E-state index in [2.05, 4.69) is 9.97 Å². The largest absolute Gasteiger partial charge is 0.372 e. The fraction of sp³-hybridized carbons (Fsp3) is 0.500. The summed E-state index contributed by atoms with van der Waals surface area (Å²) in [5.74, 6) is 0.190.